The fraction of sp³-hybridized carbons (Fsp3) is 0.571. The molecule has 0 saturated heterocycles. The van der Waals surface area contributed by atoms with Crippen LogP contribution in [-0.4, -0.2) is 18.6 Å². The zero-order valence-corrected chi connectivity index (χ0v) is 12.9. The van der Waals surface area contributed by atoms with Crippen molar-refractivity contribution >= 4 is 15.9 Å². The molecule has 0 atom stereocenters. The minimum atomic E-state index is -0.199. The van der Waals surface area contributed by atoms with E-state index >= 15 is 0 Å². The lowest BCUT2D eigenvalue weighted by Crippen LogP contribution is -2.37. The zero-order chi connectivity index (χ0) is 13.6. The summed E-state index contributed by atoms with van der Waals surface area (Å²) >= 11 is 3.29. The third kappa shape index (κ3) is 7.09. The number of rotatable bonds is 6. The van der Waals surface area contributed by atoms with Crippen molar-refractivity contribution < 1.29 is 4.39 Å². The van der Waals surface area contributed by atoms with Gasteiger partial charge in [-0.05, 0) is 64.0 Å². The zero-order valence-electron chi connectivity index (χ0n) is 11.3. The number of benzene rings is 1. The number of halogens is 2. The third-order valence-corrected chi connectivity index (χ3v) is 2.89. The molecule has 0 spiro atoms. The second kappa shape index (κ2) is 7.22. The minimum Gasteiger partial charge on any atom is -0.313 e. The smallest absolute Gasteiger partial charge is 0.124 e. The van der Waals surface area contributed by atoms with Gasteiger partial charge in [-0.15, -0.1) is 0 Å². The Hall–Kier alpha value is -0.450. The van der Waals surface area contributed by atoms with E-state index in [9.17, 15) is 4.39 Å². The first-order valence-corrected chi connectivity index (χ1v) is 7.07. The van der Waals surface area contributed by atoms with Gasteiger partial charge in [0.15, 0.2) is 0 Å². The highest BCUT2D eigenvalue weighted by Gasteiger charge is 2.06. The molecule has 4 heteroatoms. The molecule has 2 nitrogen and oxygen atoms in total. The summed E-state index contributed by atoms with van der Waals surface area (Å²) in [6.07, 6.45) is 1.06. The van der Waals surface area contributed by atoms with E-state index in [0.717, 1.165) is 29.5 Å². The van der Waals surface area contributed by atoms with Crippen molar-refractivity contribution in [3.8, 4) is 0 Å². The Morgan fingerprint density at radius 1 is 1.17 bits per heavy atom. The summed E-state index contributed by atoms with van der Waals surface area (Å²) < 4.78 is 13.9. The molecule has 0 aliphatic rings. The van der Waals surface area contributed by atoms with E-state index in [1.807, 2.05) is 6.07 Å². The van der Waals surface area contributed by atoms with Gasteiger partial charge in [0.05, 0.1) is 0 Å². The van der Waals surface area contributed by atoms with Crippen LogP contribution in [0, 0.1) is 5.82 Å². The van der Waals surface area contributed by atoms with E-state index in [0.29, 0.717) is 6.54 Å². The van der Waals surface area contributed by atoms with Crippen LogP contribution in [0.15, 0.2) is 22.7 Å². The molecule has 0 heterocycles. The largest absolute Gasteiger partial charge is 0.313 e. The highest BCUT2D eigenvalue weighted by Crippen LogP contribution is 2.14. The van der Waals surface area contributed by atoms with E-state index in [1.54, 1.807) is 6.07 Å². The Morgan fingerprint density at radius 2 is 1.89 bits per heavy atom. The molecule has 18 heavy (non-hydrogen) atoms. The summed E-state index contributed by atoms with van der Waals surface area (Å²) in [5.74, 6) is -0.199. The number of hydrogen-bond donors (Lipinski definition) is 2. The van der Waals surface area contributed by atoms with Crippen molar-refractivity contribution in [2.75, 3.05) is 13.1 Å². The molecule has 0 aliphatic carbocycles. The summed E-state index contributed by atoms with van der Waals surface area (Å²) in [6.45, 7) is 9.09. The first-order chi connectivity index (χ1) is 8.37. The Bertz CT molecular complexity index is 354. The topological polar surface area (TPSA) is 24.1 Å². The molecule has 0 aromatic heterocycles. The van der Waals surface area contributed by atoms with Gasteiger partial charge in [-0.1, -0.05) is 15.9 Å². The molecular weight excluding hydrogens is 295 g/mol. The van der Waals surface area contributed by atoms with Crippen molar-refractivity contribution in [3.05, 3.63) is 34.1 Å². The number of nitrogens with one attached hydrogen (secondary N) is 2. The first kappa shape index (κ1) is 15.6. The molecule has 0 fully saturated rings. The second-order valence-corrected chi connectivity index (χ2v) is 6.40. The van der Waals surface area contributed by atoms with Crippen molar-refractivity contribution in [2.24, 2.45) is 0 Å². The van der Waals surface area contributed by atoms with Gasteiger partial charge >= 0.3 is 0 Å². The summed E-state index contributed by atoms with van der Waals surface area (Å²) in [5, 5.41) is 6.75. The average molecular weight is 317 g/mol. The molecule has 0 bridgehead atoms. The lowest BCUT2D eigenvalue weighted by molar-refractivity contribution is 0.418. The number of hydrogen-bond acceptors (Lipinski definition) is 2. The molecule has 0 unspecified atom stereocenters. The summed E-state index contributed by atoms with van der Waals surface area (Å²) in [7, 11) is 0. The Kier molecular flexibility index (Phi) is 6.26. The molecule has 1 aromatic rings. The van der Waals surface area contributed by atoms with Crippen LogP contribution in [0.1, 0.15) is 32.8 Å². The van der Waals surface area contributed by atoms with Crippen molar-refractivity contribution in [1.82, 2.24) is 10.6 Å². The van der Waals surface area contributed by atoms with Crippen LogP contribution < -0.4 is 10.6 Å². The van der Waals surface area contributed by atoms with Crippen LogP contribution >= 0.6 is 15.9 Å². The van der Waals surface area contributed by atoms with Gasteiger partial charge in [-0.25, -0.2) is 4.39 Å². The van der Waals surface area contributed by atoms with Crippen LogP contribution in [0.5, 0.6) is 0 Å². The van der Waals surface area contributed by atoms with Gasteiger partial charge < -0.3 is 10.6 Å². The Balaban J connectivity index is 2.18. The molecular formula is C14H22BrFN2. The molecule has 1 aromatic carbocycles. The van der Waals surface area contributed by atoms with Crippen LogP contribution in [-0.2, 0) is 6.54 Å². The van der Waals surface area contributed by atoms with E-state index in [1.165, 1.54) is 6.07 Å². The van der Waals surface area contributed by atoms with Crippen LogP contribution in [0.4, 0.5) is 4.39 Å². The molecule has 102 valence electrons. The van der Waals surface area contributed by atoms with Gasteiger partial charge in [-0.2, -0.15) is 0 Å². The first-order valence-electron chi connectivity index (χ1n) is 6.27. The second-order valence-electron chi connectivity index (χ2n) is 5.48. The fourth-order valence-electron chi connectivity index (χ4n) is 1.62. The molecule has 2 N–H and O–H groups in total. The van der Waals surface area contributed by atoms with Crippen LogP contribution in [0.3, 0.4) is 0 Å². The predicted molar refractivity (Wildman–Crippen MR) is 78.2 cm³/mol. The monoisotopic (exact) mass is 316 g/mol. The molecule has 0 saturated carbocycles. The predicted octanol–water partition coefficient (Wildman–Crippen LogP) is 3.46. The summed E-state index contributed by atoms with van der Waals surface area (Å²) in [6, 6.07) is 4.96. The van der Waals surface area contributed by atoms with Crippen LogP contribution in [0.2, 0.25) is 0 Å². The highest BCUT2D eigenvalue weighted by atomic mass is 79.9. The standard InChI is InChI=1S/C14H22BrFN2/c1-14(2,3)18-6-4-5-17-10-11-7-12(15)9-13(16)8-11/h7-9,17-18H,4-6,10H2,1-3H3. The van der Waals surface area contributed by atoms with Gasteiger partial charge in [0.2, 0.25) is 0 Å². The Labute approximate surface area is 117 Å². The van der Waals surface area contributed by atoms with E-state index in [2.05, 4.69) is 47.3 Å². The van der Waals surface area contributed by atoms with E-state index in [4.69, 9.17) is 0 Å². The van der Waals surface area contributed by atoms with E-state index < -0.39 is 0 Å². The molecule has 0 aliphatic heterocycles. The Morgan fingerprint density at radius 3 is 2.50 bits per heavy atom. The minimum absolute atomic E-state index is 0.174. The molecule has 1 rings (SSSR count). The molecule has 0 radical (unpaired) electrons. The maximum Gasteiger partial charge on any atom is 0.124 e. The van der Waals surface area contributed by atoms with Crippen molar-refractivity contribution in [3.63, 3.8) is 0 Å². The SMILES string of the molecule is CC(C)(C)NCCCNCc1cc(F)cc(Br)c1. The van der Waals surface area contributed by atoms with Gasteiger partial charge in [0.25, 0.3) is 0 Å². The van der Waals surface area contributed by atoms with Crippen molar-refractivity contribution in [1.29, 1.82) is 0 Å². The van der Waals surface area contributed by atoms with Crippen molar-refractivity contribution in [2.45, 2.75) is 39.3 Å². The third-order valence-electron chi connectivity index (χ3n) is 2.44. The lowest BCUT2D eigenvalue weighted by Gasteiger charge is -2.20. The normalized spacial score (nSPS) is 11.8. The van der Waals surface area contributed by atoms with Gasteiger partial charge in [0, 0.05) is 16.6 Å². The van der Waals surface area contributed by atoms with E-state index in [-0.39, 0.29) is 11.4 Å². The quantitative estimate of drug-likeness (QED) is 0.785. The van der Waals surface area contributed by atoms with Gasteiger partial charge in [0.1, 0.15) is 5.82 Å². The average Bonchev–Trinajstić information content (AvgIpc) is 2.20. The maximum atomic E-state index is 13.1. The summed E-state index contributed by atoms with van der Waals surface area (Å²) in [4.78, 5) is 0. The van der Waals surface area contributed by atoms with Gasteiger partial charge in [-0.3, -0.25) is 0 Å². The molecule has 0 amide bonds. The van der Waals surface area contributed by atoms with Crippen LogP contribution in [0.25, 0.3) is 0 Å². The maximum absolute atomic E-state index is 13.1. The highest BCUT2D eigenvalue weighted by molar-refractivity contribution is 9.10. The summed E-state index contributed by atoms with van der Waals surface area (Å²) in [5.41, 5.74) is 1.14. The fourth-order valence-corrected chi connectivity index (χ4v) is 2.14. The lowest BCUT2D eigenvalue weighted by atomic mass is 10.1.